The van der Waals surface area contributed by atoms with Gasteiger partial charge in [0.05, 0.1) is 6.04 Å². The summed E-state index contributed by atoms with van der Waals surface area (Å²) in [6.45, 7) is 3.78. The van der Waals surface area contributed by atoms with E-state index < -0.39 is 0 Å². The van der Waals surface area contributed by atoms with Crippen LogP contribution in [0.25, 0.3) is 0 Å². The van der Waals surface area contributed by atoms with Crippen molar-refractivity contribution in [1.29, 1.82) is 0 Å². The van der Waals surface area contributed by atoms with E-state index in [9.17, 15) is 4.79 Å². The highest BCUT2D eigenvalue weighted by atomic mass is 16.2. The van der Waals surface area contributed by atoms with Crippen LogP contribution in [0, 0.1) is 0 Å². The molecule has 0 atom stereocenters. The molecule has 0 bridgehead atoms. The van der Waals surface area contributed by atoms with E-state index in [1.165, 1.54) is 37.7 Å². The second-order valence-electron chi connectivity index (χ2n) is 7.90. The minimum Gasteiger partial charge on any atom is -0.334 e. The number of urea groups is 1. The summed E-state index contributed by atoms with van der Waals surface area (Å²) >= 11 is 0. The van der Waals surface area contributed by atoms with Gasteiger partial charge in [-0.05, 0) is 49.9 Å². The molecule has 2 N–H and O–H groups in total. The fourth-order valence-electron chi connectivity index (χ4n) is 4.24. The second kappa shape index (κ2) is 9.19. The molecule has 1 aromatic heterocycles. The van der Waals surface area contributed by atoms with Crippen LogP contribution in [0.4, 0.5) is 10.7 Å². The van der Waals surface area contributed by atoms with Crippen LogP contribution < -0.4 is 10.6 Å². The number of hydrogen-bond acceptors (Lipinski definition) is 4. The fraction of sp³-hybridized carbons (Fsp3) is 0.571. The molecule has 2 heterocycles. The molecule has 1 saturated carbocycles. The predicted molar refractivity (Wildman–Crippen MR) is 109 cm³/mol. The lowest BCUT2D eigenvalue weighted by atomic mass is 9.96. The summed E-state index contributed by atoms with van der Waals surface area (Å²) in [5.74, 6) is 0.369. The summed E-state index contributed by atoms with van der Waals surface area (Å²) in [5, 5.41) is 10.1. The molecule has 1 aliphatic carbocycles. The monoisotopic (exact) mass is 382 g/mol. The first-order valence-corrected chi connectivity index (χ1v) is 10.5. The Morgan fingerprint density at radius 2 is 1.79 bits per heavy atom. The maximum atomic E-state index is 12.3. The Morgan fingerprint density at radius 3 is 2.57 bits per heavy atom. The first kappa shape index (κ1) is 18.9. The number of carbonyl (C=O) groups is 1. The number of anilines is 1. The van der Waals surface area contributed by atoms with E-state index in [1.807, 2.05) is 10.7 Å². The van der Waals surface area contributed by atoms with Crippen LogP contribution in [0.5, 0.6) is 0 Å². The number of benzene rings is 1. The van der Waals surface area contributed by atoms with Gasteiger partial charge in [0.25, 0.3) is 0 Å². The van der Waals surface area contributed by atoms with Crippen LogP contribution in [0.15, 0.2) is 30.6 Å². The summed E-state index contributed by atoms with van der Waals surface area (Å²) in [5.41, 5.74) is 2.44. The van der Waals surface area contributed by atoms with Crippen molar-refractivity contribution in [2.45, 2.75) is 64.1 Å². The van der Waals surface area contributed by atoms with Gasteiger partial charge in [0.15, 0.2) is 0 Å². The molecule has 0 spiro atoms. The van der Waals surface area contributed by atoms with Gasteiger partial charge in [0.1, 0.15) is 6.33 Å². The summed E-state index contributed by atoms with van der Waals surface area (Å²) in [6.07, 6.45) is 10.4. The summed E-state index contributed by atoms with van der Waals surface area (Å²) < 4.78 is 1.90. The Labute approximate surface area is 166 Å². The Hall–Kier alpha value is -2.41. The number of nitrogens with zero attached hydrogens (tertiary/aromatic N) is 4. The lowest BCUT2D eigenvalue weighted by Gasteiger charge is -2.21. The number of rotatable bonds is 6. The van der Waals surface area contributed by atoms with Gasteiger partial charge >= 0.3 is 6.03 Å². The van der Waals surface area contributed by atoms with Gasteiger partial charge in [0, 0.05) is 13.1 Å². The Balaban J connectivity index is 1.29. The van der Waals surface area contributed by atoms with Crippen LogP contribution in [0.2, 0.25) is 0 Å². The average Bonchev–Trinajstić information content (AvgIpc) is 3.40. The molecule has 7 heteroatoms. The van der Waals surface area contributed by atoms with E-state index in [-0.39, 0.29) is 6.03 Å². The number of carbonyl (C=O) groups excluding carboxylic acids is 1. The van der Waals surface area contributed by atoms with Gasteiger partial charge in [-0.3, -0.25) is 10.2 Å². The van der Waals surface area contributed by atoms with Crippen molar-refractivity contribution in [1.82, 2.24) is 25.0 Å². The van der Waals surface area contributed by atoms with Gasteiger partial charge in [-0.15, -0.1) is 5.10 Å². The number of amides is 2. The fourth-order valence-corrected chi connectivity index (χ4v) is 4.24. The van der Waals surface area contributed by atoms with Crippen molar-refractivity contribution in [3.63, 3.8) is 0 Å². The zero-order valence-corrected chi connectivity index (χ0v) is 16.4. The maximum Gasteiger partial charge on any atom is 0.321 e. The molecular formula is C21H30N6O. The molecule has 2 amide bonds. The quantitative estimate of drug-likeness (QED) is 0.799. The summed E-state index contributed by atoms with van der Waals surface area (Å²) in [4.78, 5) is 19.0. The van der Waals surface area contributed by atoms with Crippen LogP contribution in [0.3, 0.4) is 0 Å². The van der Waals surface area contributed by atoms with E-state index in [2.05, 4.69) is 43.8 Å². The molecule has 1 saturated heterocycles. The van der Waals surface area contributed by atoms with Crippen LogP contribution in [0.1, 0.15) is 62.1 Å². The number of nitrogens with one attached hydrogen (secondary N) is 2. The average molecular weight is 383 g/mol. The Morgan fingerprint density at radius 1 is 1.04 bits per heavy atom. The highest BCUT2D eigenvalue weighted by Gasteiger charge is 2.17. The Kier molecular flexibility index (Phi) is 6.21. The maximum absolute atomic E-state index is 12.3. The molecule has 1 aromatic carbocycles. The molecule has 4 rings (SSSR count). The number of aromatic nitrogens is 3. The van der Waals surface area contributed by atoms with Gasteiger partial charge < -0.3 is 5.32 Å². The highest BCUT2D eigenvalue weighted by Crippen LogP contribution is 2.27. The molecule has 0 unspecified atom stereocenters. The zero-order chi connectivity index (χ0) is 19.2. The lowest BCUT2D eigenvalue weighted by Crippen LogP contribution is -2.29. The minimum absolute atomic E-state index is 0.266. The summed E-state index contributed by atoms with van der Waals surface area (Å²) in [7, 11) is 0. The van der Waals surface area contributed by atoms with Crippen molar-refractivity contribution in [3.8, 4) is 0 Å². The van der Waals surface area contributed by atoms with E-state index in [1.54, 1.807) is 6.33 Å². The molecule has 7 nitrogen and oxygen atoms in total. The molecule has 2 aromatic rings. The molecule has 150 valence electrons. The standard InChI is InChI=1S/C21H30N6O/c28-21(24-20-23-16-27(25-20)19-10-2-1-3-11-19)22-14-17-8-4-5-9-18(17)15-26-12-6-7-13-26/h4-5,8-9,16,19H,1-3,6-7,10-15H2,(H2,22,24,25,28). The smallest absolute Gasteiger partial charge is 0.321 e. The van der Waals surface area contributed by atoms with E-state index in [4.69, 9.17) is 0 Å². The molecule has 28 heavy (non-hydrogen) atoms. The third kappa shape index (κ3) is 4.90. The third-order valence-corrected chi connectivity index (χ3v) is 5.83. The second-order valence-corrected chi connectivity index (χ2v) is 7.90. The first-order chi connectivity index (χ1) is 13.8. The zero-order valence-electron chi connectivity index (χ0n) is 16.4. The molecule has 2 aliphatic rings. The number of hydrogen-bond donors (Lipinski definition) is 2. The topological polar surface area (TPSA) is 75.1 Å². The van der Waals surface area contributed by atoms with Gasteiger partial charge in [-0.1, -0.05) is 43.5 Å². The van der Waals surface area contributed by atoms with Gasteiger partial charge in [-0.2, -0.15) is 0 Å². The molecule has 0 radical (unpaired) electrons. The highest BCUT2D eigenvalue weighted by molar-refractivity contribution is 5.87. The van der Waals surface area contributed by atoms with Crippen molar-refractivity contribution >= 4 is 12.0 Å². The van der Waals surface area contributed by atoms with E-state index in [0.717, 1.165) is 38.0 Å². The predicted octanol–water partition coefficient (Wildman–Crippen LogP) is 3.70. The van der Waals surface area contributed by atoms with Crippen LogP contribution >= 0.6 is 0 Å². The van der Waals surface area contributed by atoms with Crippen molar-refractivity contribution in [3.05, 3.63) is 41.7 Å². The largest absolute Gasteiger partial charge is 0.334 e. The summed E-state index contributed by atoms with van der Waals surface area (Å²) in [6, 6.07) is 8.48. The Bertz CT molecular complexity index is 777. The lowest BCUT2D eigenvalue weighted by molar-refractivity contribution is 0.251. The molecule has 2 fully saturated rings. The van der Waals surface area contributed by atoms with E-state index >= 15 is 0 Å². The van der Waals surface area contributed by atoms with Crippen LogP contribution in [-0.2, 0) is 13.1 Å². The van der Waals surface area contributed by atoms with Gasteiger partial charge in [0.2, 0.25) is 5.95 Å². The molecular weight excluding hydrogens is 352 g/mol. The first-order valence-electron chi connectivity index (χ1n) is 10.5. The van der Waals surface area contributed by atoms with Crippen molar-refractivity contribution in [2.75, 3.05) is 18.4 Å². The number of likely N-dealkylation sites (tertiary alicyclic amines) is 1. The molecule has 1 aliphatic heterocycles. The van der Waals surface area contributed by atoms with Crippen molar-refractivity contribution < 1.29 is 4.79 Å². The third-order valence-electron chi connectivity index (χ3n) is 5.83. The van der Waals surface area contributed by atoms with Gasteiger partial charge in [-0.25, -0.2) is 14.5 Å². The van der Waals surface area contributed by atoms with E-state index in [0.29, 0.717) is 18.5 Å². The van der Waals surface area contributed by atoms with Crippen molar-refractivity contribution in [2.24, 2.45) is 0 Å². The SMILES string of the molecule is O=C(NCc1ccccc1CN1CCCC1)Nc1ncn(C2CCCCC2)n1. The normalized spacial score (nSPS) is 18.3. The van der Waals surface area contributed by atoms with Crippen LogP contribution in [-0.4, -0.2) is 38.8 Å². The minimum atomic E-state index is -0.266.